The van der Waals surface area contributed by atoms with Crippen LogP contribution in [0.1, 0.15) is 64.9 Å². The summed E-state index contributed by atoms with van der Waals surface area (Å²) >= 11 is -2.23. The Balaban J connectivity index is 2.67. The zero-order valence-electron chi connectivity index (χ0n) is 16.4. The van der Waals surface area contributed by atoms with Gasteiger partial charge in [-0.1, -0.05) is 0 Å². The second-order valence-electron chi connectivity index (χ2n) is 7.28. The second-order valence-corrected chi connectivity index (χ2v) is 20.9. The molecule has 1 nitrogen and oxygen atoms in total. The van der Waals surface area contributed by atoms with E-state index < -0.39 is 18.4 Å². The standard InChI is InChI=1S/C10H12N.3C4H9.Sn/c1-2-8-11-9-10-6-4-3-5-7-10;3*1-3-4-2;/h3-7,11H,1,8-9H2;3*1,3-4H2,2H3;. The molecule has 2 heteroatoms. The van der Waals surface area contributed by atoms with Gasteiger partial charge in [-0.2, -0.15) is 0 Å². The number of nitrogens with one attached hydrogen (secondary N) is 1. The van der Waals surface area contributed by atoms with E-state index in [4.69, 9.17) is 0 Å². The molecule has 0 atom stereocenters. The van der Waals surface area contributed by atoms with Crippen molar-refractivity contribution in [2.45, 2.75) is 79.2 Å². The third-order valence-corrected chi connectivity index (χ3v) is 21.3. The molecule has 0 saturated carbocycles. The van der Waals surface area contributed by atoms with Gasteiger partial charge in [-0.05, 0) is 0 Å². The number of hydrogen-bond donors (Lipinski definition) is 1. The Morgan fingerprint density at radius 1 is 0.875 bits per heavy atom. The fourth-order valence-electron chi connectivity index (χ4n) is 3.59. The van der Waals surface area contributed by atoms with Crippen molar-refractivity contribution in [1.29, 1.82) is 0 Å². The Kier molecular flexibility index (Phi) is 11.8. The Labute approximate surface area is 155 Å². The molecule has 0 aromatic heterocycles. The number of rotatable bonds is 14. The summed E-state index contributed by atoms with van der Waals surface area (Å²) in [6, 6.07) is 10.7. The summed E-state index contributed by atoms with van der Waals surface area (Å²) in [4.78, 5) is 0. The van der Waals surface area contributed by atoms with Gasteiger partial charge in [0, 0.05) is 0 Å². The average molecular weight is 436 g/mol. The molecule has 0 heterocycles. The summed E-state index contributed by atoms with van der Waals surface area (Å²) in [5.74, 6) is 0. The van der Waals surface area contributed by atoms with Gasteiger partial charge in [0.05, 0.1) is 0 Å². The molecule has 0 aliphatic carbocycles. The van der Waals surface area contributed by atoms with Crippen LogP contribution in [0, 0.1) is 0 Å². The van der Waals surface area contributed by atoms with Crippen molar-refractivity contribution in [3.63, 3.8) is 0 Å². The van der Waals surface area contributed by atoms with Gasteiger partial charge in [-0.15, -0.1) is 0 Å². The predicted octanol–water partition coefficient (Wildman–Crippen LogP) is 6.72. The summed E-state index contributed by atoms with van der Waals surface area (Å²) in [6.45, 7) is 13.7. The molecule has 0 amide bonds. The van der Waals surface area contributed by atoms with Crippen molar-refractivity contribution in [3.05, 3.63) is 46.1 Å². The van der Waals surface area contributed by atoms with E-state index in [2.05, 4.69) is 63.0 Å². The second kappa shape index (κ2) is 13.0. The number of benzene rings is 1. The van der Waals surface area contributed by atoms with E-state index in [0.717, 1.165) is 13.1 Å². The van der Waals surface area contributed by atoms with Crippen LogP contribution in [0.5, 0.6) is 0 Å². The van der Waals surface area contributed by atoms with E-state index in [9.17, 15) is 0 Å². The Hall–Kier alpha value is -0.281. The maximum atomic E-state index is 4.65. The zero-order chi connectivity index (χ0) is 17.7. The molecule has 24 heavy (non-hydrogen) atoms. The van der Waals surface area contributed by atoms with Crippen LogP contribution in [-0.2, 0) is 6.54 Å². The molecule has 0 radical (unpaired) electrons. The summed E-state index contributed by atoms with van der Waals surface area (Å²) in [5.41, 5.74) is 1.38. The predicted molar refractivity (Wildman–Crippen MR) is 112 cm³/mol. The quantitative estimate of drug-likeness (QED) is 0.319. The first-order valence-corrected chi connectivity index (χ1v) is 17.6. The minimum atomic E-state index is -2.23. The molecule has 0 bridgehead atoms. The molecule has 0 fully saturated rings. The molecule has 0 unspecified atom stereocenters. The SMILES string of the molecule is C=[C](CNCc1ccccc1)[Sn]([CH2]CCC)([CH2]CCC)[CH2]CCC. The minimum absolute atomic E-state index is 0.969. The fourth-order valence-corrected chi connectivity index (χ4v) is 19.0. The van der Waals surface area contributed by atoms with Crippen LogP contribution < -0.4 is 5.32 Å². The molecule has 0 aliphatic heterocycles. The first kappa shape index (κ1) is 21.8. The summed E-state index contributed by atoms with van der Waals surface area (Å²) in [6.07, 6.45) is 8.26. The van der Waals surface area contributed by atoms with Gasteiger partial charge >= 0.3 is 155 Å². The van der Waals surface area contributed by atoms with Gasteiger partial charge in [0.2, 0.25) is 0 Å². The van der Waals surface area contributed by atoms with E-state index >= 15 is 0 Å². The maximum absolute atomic E-state index is 4.65. The van der Waals surface area contributed by atoms with Gasteiger partial charge in [-0.3, -0.25) is 0 Å². The first-order valence-electron chi connectivity index (χ1n) is 10.1. The third kappa shape index (κ3) is 7.73. The Morgan fingerprint density at radius 3 is 1.83 bits per heavy atom. The van der Waals surface area contributed by atoms with E-state index in [0.29, 0.717) is 0 Å². The first-order chi connectivity index (χ1) is 11.7. The fraction of sp³-hybridized carbons (Fsp3) is 0.636. The normalized spacial score (nSPS) is 11.6. The summed E-state index contributed by atoms with van der Waals surface area (Å²) in [7, 11) is 0. The monoisotopic (exact) mass is 437 g/mol. The van der Waals surface area contributed by atoms with Crippen molar-refractivity contribution in [3.8, 4) is 0 Å². The van der Waals surface area contributed by atoms with E-state index in [1.807, 2.05) is 0 Å². The van der Waals surface area contributed by atoms with Gasteiger partial charge in [0.25, 0.3) is 0 Å². The van der Waals surface area contributed by atoms with E-state index in [1.54, 1.807) is 3.59 Å². The van der Waals surface area contributed by atoms with Crippen LogP contribution >= 0.6 is 0 Å². The molecule has 0 saturated heterocycles. The zero-order valence-corrected chi connectivity index (χ0v) is 19.2. The molecule has 1 aromatic rings. The Morgan fingerprint density at radius 2 is 1.38 bits per heavy atom. The van der Waals surface area contributed by atoms with Crippen LogP contribution in [0.4, 0.5) is 0 Å². The van der Waals surface area contributed by atoms with E-state index in [1.165, 1.54) is 57.4 Å². The molecule has 136 valence electrons. The van der Waals surface area contributed by atoms with Gasteiger partial charge in [0.15, 0.2) is 0 Å². The van der Waals surface area contributed by atoms with Gasteiger partial charge < -0.3 is 0 Å². The molecule has 0 aliphatic rings. The van der Waals surface area contributed by atoms with Crippen LogP contribution in [0.3, 0.4) is 0 Å². The molecule has 1 rings (SSSR count). The van der Waals surface area contributed by atoms with Gasteiger partial charge in [-0.25, -0.2) is 0 Å². The van der Waals surface area contributed by atoms with Crippen LogP contribution in [0.25, 0.3) is 0 Å². The van der Waals surface area contributed by atoms with Crippen molar-refractivity contribution < 1.29 is 0 Å². The van der Waals surface area contributed by atoms with Crippen LogP contribution in [0.2, 0.25) is 13.3 Å². The number of hydrogen-bond acceptors (Lipinski definition) is 1. The van der Waals surface area contributed by atoms with Crippen LogP contribution in [0.15, 0.2) is 40.5 Å². The van der Waals surface area contributed by atoms with Crippen LogP contribution in [-0.4, -0.2) is 24.9 Å². The third-order valence-electron chi connectivity index (χ3n) is 5.29. The topological polar surface area (TPSA) is 12.0 Å². The van der Waals surface area contributed by atoms with Crippen molar-refractivity contribution in [2.75, 3.05) is 6.54 Å². The number of unbranched alkanes of at least 4 members (excludes halogenated alkanes) is 3. The molecule has 0 spiro atoms. The van der Waals surface area contributed by atoms with E-state index in [-0.39, 0.29) is 0 Å². The van der Waals surface area contributed by atoms with Crippen molar-refractivity contribution in [2.24, 2.45) is 0 Å². The Bertz CT molecular complexity index is 419. The summed E-state index contributed by atoms with van der Waals surface area (Å²) < 4.78 is 6.22. The molecule has 1 aromatic carbocycles. The molecule has 1 N–H and O–H groups in total. The average Bonchev–Trinajstić information content (AvgIpc) is 2.62. The molecular formula is C22H39NSn. The molecular weight excluding hydrogens is 397 g/mol. The van der Waals surface area contributed by atoms with Crippen molar-refractivity contribution >= 4 is 18.4 Å². The summed E-state index contributed by atoms with van der Waals surface area (Å²) in [5, 5.41) is 3.69. The van der Waals surface area contributed by atoms with Crippen molar-refractivity contribution in [1.82, 2.24) is 5.32 Å². The van der Waals surface area contributed by atoms with Gasteiger partial charge in [0.1, 0.15) is 0 Å².